The maximum absolute atomic E-state index is 12.5. The first-order valence-electron chi connectivity index (χ1n) is 7.19. The largest absolute Gasteiger partial charge is 0.486 e. The average Bonchev–Trinajstić information content (AvgIpc) is 2.49. The molecule has 0 spiro atoms. The zero-order valence-corrected chi connectivity index (χ0v) is 12.8. The molecule has 0 bridgehead atoms. The van der Waals surface area contributed by atoms with Crippen LogP contribution in [-0.4, -0.2) is 40.8 Å². The van der Waals surface area contributed by atoms with E-state index in [9.17, 15) is 8.42 Å². The molecule has 0 aromatic heterocycles. The highest BCUT2D eigenvalue weighted by Gasteiger charge is 2.27. The molecule has 1 saturated heterocycles. The summed E-state index contributed by atoms with van der Waals surface area (Å²) in [5, 5.41) is 3.26. The molecule has 0 saturated carbocycles. The van der Waals surface area contributed by atoms with E-state index in [2.05, 4.69) is 10.0 Å². The minimum atomic E-state index is -3.54. The van der Waals surface area contributed by atoms with E-state index in [-0.39, 0.29) is 16.9 Å². The number of rotatable bonds is 3. The van der Waals surface area contributed by atoms with Crippen LogP contribution < -0.4 is 19.5 Å². The highest BCUT2D eigenvalue weighted by atomic mass is 32.2. The maximum atomic E-state index is 12.5. The van der Waals surface area contributed by atoms with Crippen molar-refractivity contribution in [3.05, 3.63) is 18.2 Å². The molecule has 116 valence electrons. The van der Waals surface area contributed by atoms with Crippen LogP contribution in [0.4, 0.5) is 0 Å². The Morgan fingerprint density at radius 3 is 2.76 bits per heavy atom. The minimum absolute atomic E-state index is 0.0375. The Labute approximate surface area is 124 Å². The lowest BCUT2D eigenvalue weighted by Gasteiger charge is -2.30. The number of hydrogen-bond donors (Lipinski definition) is 2. The van der Waals surface area contributed by atoms with Crippen LogP contribution in [0.5, 0.6) is 11.5 Å². The second-order valence-corrected chi connectivity index (χ2v) is 7.22. The third-order valence-corrected chi connectivity index (χ3v) is 5.40. The van der Waals surface area contributed by atoms with Crippen LogP contribution in [-0.2, 0) is 10.0 Å². The van der Waals surface area contributed by atoms with E-state index in [0.29, 0.717) is 24.7 Å². The van der Waals surface area contributed by atoms with E-state index >= 15 is 0 Å². The number of fused-ring (bicyclic) bond motifs is 1. The fourth-order valence-corrected chi connectivity index (χ4v) is 4.04. The van der Waals surface area contributed by atoms with Gasteiger partial charge in [0.05, 0.1) is 4.90 Å². The Morgan fingerprint density at radius 1 is 1.24 bits per heavy atom. The number of piperidine rings is 1. The van der Waals surface area contributed by atoms with Crippen LogP contribution in [0.2, 0.25) is 0 Å². The van der Waals surface area contributed by atoms with Gasteiger partial charge in [0.25, 0.3) is 0 Å². The summed E-state index contributed by atoms with van der Waals surface area (Å²) in [6.07, 6.45) is 0.797. The van der Waals surface area contributed by atoms with E-state index in [0.717, 1.165) is 19.5 Å². The molecule has 2 aliphatic heterocycles. The second kappa shape index (κ2) is 5.82. The number of nitrogens with one attached hydrogen (secondary N) is 2. The quantitative estimate of drug-likeness (QED) is 0.861. The van der Waals surface area contributed by atoms with Crippen LogP contribution >= 0.6 is 0 Å². The van der Waals surface area contributed by atoms with Crippen molar-refractivity contribution in [3.8, 4) is 11.5 Å². The highest BCUT2D eigenvalue weighted by Crippen LogP contribution is 2.32. The molecular formula is C14H20N2O4S. The Bertz CT molecular complexity index is 617. The molecule has 2 aliphatic rings. The van der Waals surface area contributed by atoms with Gasteiger partial charge in [-0.3, -0.25) is 0 Å². The molecule has 0 amide bonds. The Kier molecular flexibility index (Phi) is 4.05. The number of benzene rings is 1. The molecule has 21 heavy (non-hydrogen) atoms. The van der Waals surface area contributed by atoms with Gasteiger partial charge in [0.1, 0.15) is 13.2 Å². The molecule has 2 heterocycles. The third kappa shape index (κ3) is 3.14. The topological polar surface area (TPSA) is 76.7 Å². The van der Waals surface area contributed by atoms with E-state index in [1.54, 1.807) is 12.1 Å². The maximum Gasteiger partial charge on any atom is 0.240 e. The monoisotopic (exact) mass is 312 g/mol. The Morgan fingerprint density at radius 2 is 2.00 bits per heavy atom. The smallest absolute Gasteiger partial charge is 0.240 e. The van der Waals surface area contributed by atoms with Gasteiger partial charge in [0, 0.05) is 12.1 Å². The number of hydrogen-bond acceptors (Lipinski definition) is 5. The lowest BCUT2D eigenvalue weighted by atomic mass is 9.97. The van der Waals surface area contributed by atoms with Crippen LogP contribution in [0.3, 0.4) is 0 Å². The molecule has 1 aromatic carbocycles. The summed E-state index contributed by atoms with van der Waals surface area (Å²) >= 11 is 0. The zero-order chi connectivity index (χ0) is 14.9. The summed E-state index contributed by atoms with van der Waals surface area (Å²) in [6, 6.07) is 4.70. The fourth-order valence-electron chi connectivity index (χ4n) is 2.65. The molecule has 2 N–H and O–H groups in total. The van der Waals surface area contributed by atoms with Crippen LogP contribution in [0, 0.1) is 5.92 Å². The fraction of sp³-hybridized carbons (Fsp3) is 0.571. The second-order valence-electron chi connectivity index (χ2n) is 5.50. The highest BCUT2D eigenvalue weighted by molar-refractivity contribution is 7.89. The van der Waals surface area contributed by atoms with Crippen molar-refractivity contribution < 1.29 is 17.9 Å². The van der Waals surface area contributed by atoms with Crippen molar-refractivity contribution in [2.45, 2.75) is 24.3 Å². The van der Waals surface area contributed by atoms with Crippen molar-refractivity contribution >= 4 is 10.0 Å². The Hall–Kier alpha value is -1.31. The molecule has 2 atom stereocenters. The lowest BCUT2D eigenvalue weighted by molar-refractivity contribution is 0.171. The van der Waals surface area contributed by atoms with E-state index in [1.165, 1.54) is 6.07 Å². The van der Waals surface area contributed by atoms with E-state index in [1.807, 2.05) is 6.92 Å². The van der Waals surface area contributed by atoms with Gasteiger partial charge in [-0.15, -0.1) is 0 Å². The summed E-state index contributed by atoms with van der Waals surface area (Å²) in [5.41, 5.74) is 0. The molecular weight excluding hydrogens is 292 g/mol. The van der Waals surface area contributed by atoms with Crippen molar-refractivity contribution in [2.24, 2.45) is 5.92 Å². The first-order chi connectivity index (χ1) is 10.1. The molecule has 1 fully saturated rings. The summed E-state index contributed by atoms with van der Waals surface area (Å²) in [6.45, 7) is 4.63. The van der Waals surface area contributed by atoms with Gasteiger partial charge in [-0.05, 0) is 37.6 Å². The molecule has 6 nitrogen and oxygen atoms in total. The molecule has 0 unspecified atom stereocenters. The molecule has 0 radical (unpaired) electrons. The molecule has 7 heteroatoms. The summed E-state index contributed by atoms with van der Waals surface area (Å²) in [5.74, 6) is 1.35. The minimum Gasteiger partial charge on any atom is -0.486 e. The zero-order valence-electron chi connectivity index (χ0n) is 12.0. The van der Waals surface area contributed by atoms with Gasteiger partial charge in [-0.1, -0.05) is 6.92 Å². The molecule has 0 aliphatic carbocycles. The summed E-state index contributed by atoms with van der Waals surface area (Å²) < 4.78 is 38.7. The van der Waals surface area contributed by atoms with Crippen molar-refractivity contribution in [2.75, 3.05) is 26.3 Å². The normalized spacial score (nSPS) is 25.6. The third-order valence-electron chi connectivity index (χ3n) is 3.92. The first kappa shape index (κ1) is 14.6. The predicted octanol–water partition coefficient (Wildman–Crippen LogP) is 0.734. The van der Waals surface area contributed by atoms with Gasteiger partial charge >= 0.3 is 0 Å². The van der Waals surface area contributed by atoms with Crippen molar-refractivity contribution in [3.63, 3.8) is 0 Å². The van der Waals surface area contributed by atoms with E-state index < -0.39 is 10.0 Å². The lowest BCUT2D eigenvalue weighted by Crippen LogP contribution is -2.48. The van der Waals surface area contributed by atoms with Gasteiger partial charge in [0.15, 0.2) is 11.5 Å². The first-order valence-corrected chi connectivity index (χ1v) is 8.67. The average molecular weight is 312 g/mol. The summed E-state index contributed by atoms with van der Waals surface area (Å²) in [4.78, 5) is 0.220. The van der Waals surface area contributed by atoms with E-state index in [4.69, 9.17) is 9.47 Å². The number of sulfonamides is 1. The van der Waals surface area contributed by atoms with Crippen molar-refractivity contribution in [1.82, 2.24) is 10.0 Å². The predicted molar refractivity (Wildman–Crippen MR) is 78.2 cm³/mol. The molecule has 1 aromatic rings. The van der Waals surface area contributed by atoms with Crippen LogP contribution in [0.15, 0.2) is 23.1 Å². The standard InChI is InChI=1S/C14H20N2O4S/c1-10-9-15-5-4-12(10)16-21(17,18)11-2-3-13-14(8-11)20-7-6-19-13/h2-3,8,10,12,15-16H,4-7,9H2,1H3/t10-,12-/m1/s1. The van der Waals surface area contributed by atoms with Gasteiger partial charge in [0.2, 0.25) is 10.0 Å². The SMILES string of the molecule is C[C@@H]1CNCC[C@H]1NS(=O)(=O)c1ccc2c(c1)OCCO2. The van der Waals surface area contributed by atoms with Crippen LogP contribution in [0.1, 0.15) is 13.3 Å². The van der Waals surface area contributed by atoms with Crippen LogP contribution in [0.25, 0.3) is 0 Å². The van der Waals surface area contributed by atoms with Gasteiger partial charge in [-0.2, -0.15) is 0 Å². The number of ether oxygens (including phenoxy) is 2. The van der Waals surface area contributed by atoms with Crippen molar-refractivity contribution in [1.29, 1.82) is 0 Å². The Balaban J connectivity index is 1.81. The van der Waals surface area contributed by atoms with Gasteiger partial charge < -0.3 is 14.8 Å². The van der Waals surface area contributed by atoms with Gasteiger partial charge in [-0.25, -0.2) is 13.1 Å². The summed E-state index contributed by atoms with van der Waals surface area (Å²) in [7, 11) is -3.54. The molecule has 3 rings (SSSR count).